The largest absolute Gasteiger partial charge is 0.493 e. The number of hydrogen-bond acceptors (Lipinski definition) is 4. The third-order valence-corrected chi connectivity index (χ3v) is 4.00. The third-order valence-electron chi connectivity index (χ3n) is 4.00. The fourth-order valence-corrected chi connectivity index (χ4v) is 2.78. The maximum absolute atomic E-state index is 12.6. The van der Waals surface area contributed by atoms with Crippen LogP contribution in [0.2, 0.25) is 0 Å². The van der Waals surface area contributed by atoms with Crippen LogP contribution in [0, 0.1) is 13.8 Å². The van der Waals surface area contributed by atoms with E-state index in [2.05, 4.69) is 10.2 Å². The van der Waals surface area contributed by atoms with Crippen LogP contribution in [0.4, 0.5) is 0 Å². The number of aryl methyl sites for hydroxylation is 2. The van der Waals surface area contributed by atoms with E-state index in [1.807, 2.05) is 32.9 Å². The van der Waals surface area contributed by atoms with Crippen LogP contribution >= 0.6 is 0 Å². The molecule has 1 aromatic rings. The van der Waals surface area contributed by atoms with Crippen molar-refractivity contribution in [1.82, 2.24) is 10.2 Å². The Morgan fingerprint density at radius 1 is 1.24 bits per heavy atom. The van der Waals surface area contributed by atoms with E-state index >= 15 is 0 Å². The monoisotopic (exact) mass is 290 g/mol. The number of rotatable bonds is 6. The molecule has 0 radical (unpaired) electrons. The van der Waals surface area contributed by atoms with Crippen LogP contribution in [0.1, 0.15) is 34.8 Å². The van der Waals surface area contributed by atoms with Crippen molar-refractivity contribution in [3.63, 3.8) is 0 Å². The summed E-state index contributed by atoms with van der Waals surface area (Å²) in [4.78, 5) is 15.0. The van der Waals surface area contributed by atoms with Gasteiger partial charge in [0.2, 0.25) is 0 Å². The predicted octanol–water partition coefficient (Wildman–Crippen LogP) is 2.18. The average molecular weight is 290 g/mol. The second-order valence-electron chi connectivity index (χ2n) is 5.60. The molecule has 0 amide bonds. The fraction of sp³-hybridized carbons (Fsp3) is 0.588. The molecule has 1 N–H and O–H groups in total. The molecule has 1 aliphatic rings. The Morgan fingerprint density at radius 3 is 2.57 bits per heavy atom. The zero-order chi connectivity index (χ0) is 15.2. The SMILES string of the molecule is CCOc1c(C)ccc(C)c1C(=O)CCN1CCNCC1. The number of carbonyl (C=O) groups excluding carboxylic acids is 1. The quantitative estimate of drug-likeness (QED) is 0.815. The van der Waals surface area contributed by atoms with Crippen molar-refractivity contribution in [3.05, 3.63) is 28.8 Å². The lowest BCUT2D eigenvalue weighted by Gasteiger charge is -2.27. The second kappa shape index (κ2) is 7.57. The molecule has 1 fully saturated rings. The summed E-state index contributed by atoms with van der Waals surface area (Å²) in [5.74, 6) is 0.959. The molecule has 21 heavy (non-hydrogen) atoms. The van der Waals surface area contributed by atoms with Crippen LogP contribution in [0.3, 0.4) is 0 Å². The smallest absolute Gasteiger partial charge is 0.168 e. The number of nitrogens with one attached hydrogen (secondary N) is 1. The molecule has 0 unspecified atom stereocenters. The van der Waals surface area contributed by atoms with Gasteiger partial charge in [-0.2, -0.15) is 0 Å². The zero-order valence-corrected chi connectivity index (χ0v) is 13.4. The topological polar surface area (TPSA) is 41.6 Å². The third kappa shape index (κ3) is 4.05. The molecule has 1 saturated heterocycles. The van der Waals surface area contributed by atoms with Crippen molar-refractivity contribution in [3.8, 4) is 5.75 Å². The Hall–Kier alpha value is -1.39. The lowest BCUT2D eigenvalue weighted by molar-refractivity contribution is 0.0956. The van der Waals surface area contributed by atoms with E-state index in [4.69, 9.17) is 4.74 Å². The highest BCUT2D eigenvalue weighted by molar-refractivity contribution is 6.00. The number of benzene rings is 1. The average Bonchev–Trinajstić information content (AvgIpc) is 2.50. The van der Waals surface area contributed by atoms with Gasteiger partial charge in [0.25, 0.3) is 0 Å². The summed E-state index contributed by atoms with van der Waals surface area (Å²) in [6.07, 6.45) is 0.560. The molecule has 0 aromatic heterocycles. The van der Waals surface area contributed by atoms with Crippen LogP contribution in [0.25, 0.3) is 0 Å². The number of piperazine rings is 1. The number of ketones is 1. The van der Waals surface area contributed by atoms with E-state index in [1.165, 1.54) is 0 Å². The Labute approximate surface area is 127 Å². The molecule has 0 spiro atoms. The predicted molar refractivity (Wildman–Crippen MR) is 85.3 cm³/mol. The van der Waals surface area contributed by atoms with Crippen LogP contribution < -0.4 is 10.1 Å². The molecular formula is C17H26N2O2. The van der Waals surface area contributed by atoms with Gasteiger partial charge in [-0.15, -0.1) is 0 Å². The normalized spacial score (nSPS) is 16.0. The summed E-state index contributed by atoms with van der Waals surface area (Å²) >= 11 is 0. The van der Waals surface area contributed by atoms with Crippen LogP contribution in [0.15, 0.2) is 12.1 Å². The van der Waals surface area contributed by atoms with Crippen molar-refractivity contribution in [1.29, 1.82) is 0 Å². The summed E-state index contributed by atoms with van der Waals surface area (Å²) in [6, 6.07) is 4.03. The number of ether oxygens (including phenoxy) is 1. The molecule has 4 heteroatoms. The molecule has 1 aliphatic heterocycles. The second-order valence-corrected chi connectivity index (χ2v) is 5.60. The zero-order valence-electron chi connectivity index (χ0n) is 13.4. The first kappa shape index (κ1) is 16.0. The van der Waals surface area contributed by atoms with Gasteiger partial charge in [-0.1, -0.05) is 12.1 Å². The van der Waals surface area contributed by atoms with E-state index in [0.29, 0.717) is 13.0 Å². The van der Waals surface area contributed by atoms with Crippen LogP contribution in [-0.4, -0.2) is 50.0 Å². The number of nitrogens with zero attached hydrogens (tertiary/aromatic N) is 1. The molecule has 1 aromatic carbocycles. The highest BCUT2D eigenvalue weighted by Crippen LogP contribution is 2.28. The first-order valence-corrected chi connectivity index (χ1v) is 7.82. The Morgan fingerprint density at radius 2 is 1.90 bits per heavy atom. The molecule has 116 valence electrons. The summed E-state index contributed by atoms with van der Waals surface area (Å²) in [5, 5.41) is 3.33. The summed E-state index contributed by atoms with van der Waals surface area (Å²) < 4.78 is 5.72. The van der Waals surface area contributed by atoms with E-state index in [-0.39, 0.29) is 5.78 Å². The highest BCUT2D eigenvalue weighted by atomic mass is 16.5. The first-order chi connectivity index (χ1) is 10.1. The van der Waals surface area contributed by atoms with Gasteiger partial charge < -0.3 is 15.0 Å². The summed E-state index contributed by atoms with van der Waals surface area (Å²) in [6.45, 7) is 11.4. The van der Waals surface area contributed by atoms with Gasteiger partial charge in [0, 0.05) is 39.1 Å². The Kier molecular flexibility index (Phi) is 5.76. The maximum Gasteiger partial charge on any atom is 0.168 e. The Bertz CT molecular complexity index is 494. The van der Waals surface area contributed by atoms with Gasteiger partial charge in [0.15, 0.2) is 5.78 Å². The molecular weight excluding hydrogens is 264 g/mol. The number of carbonyl (C=O) groups is 1. The van der Waals surface area contributed by atoms with E-state index in [9.17, 15) is 4.79 Å². The Balaban J connectivity index is 2.08. The van der Waals surface area contributed by atoms with Gasteiger partial charge in [-0.25, -0.2) is 0 Å². The molecule has 0 aliphatic carbocycles. The van der Waals surface area contributed by atoms with E-state index < -0.39 is 0 Å². The van der Waals surface area contributed by atoms with E-state index in [0.717, 1.165) is 55.2 Å². The highest BCUT2D eigenvalue weighted by Gasteiger charge is 2.19. The molecule has 4 nitrogen and oxygen atoms in total. The van der Waals surface area contributed by atoms with Crippen molar-refractivity contribution >= 4 is 5.78 Å². The molecule has 0 atom stereocenters. The van der Waals surface area contributed by atoms with Crippen molar-refractivity contribution < 1.29 is 9.53 Å². The molecule has 2 rings (SSSR count). The van der Waals surface area contributed by atoms with Crippen LogP contribution in [0.5, 0.6) is 5.75 Å². The van der Waals surface area contributed by atoms with Crippen LogP contribution in [-0.2, 0) is 0 Å². The first-order valence-electron chi connectivity index (χ1n) is 7.82. The van der Waals surface area contributed by atoms with Gasteiger partial charge in [-0.3, -0.25) is 4.79 Å². The van der Waals surface area contributed by atoms with Gasteiger partial charge in [0.1, 0.15) is 5.75 Å². The fourth-order valence-electron chi connectivity index (χ4n) is 2.78. The van der Waals surface area contributed by atoms with Crippen molar-refractivity contribution in [2.24, 2.45) is 0 Å². The summed E-state index contributed by atoms with van der Waals surface area (Å²) in [5.41, 5.74) is 2.81. The minimum Gasteiger partial charge on any atom is -0.493 e. The number of Topliss-reactive ketones (excluding diaryl/α,β-unsaturated/α-hetero) is 1. The van der Waals surface area contributed by atoms with Gasteiger partial charge in [-0.05, 0) is 31.9 Å². The van der Waals surface area contributed by atoms with Gasteiger partial charge >= 0.3 is 0 Å². The van der Waals surface area contributed by atoms with E-state index in [1.54, 1.807) is 0 Å². The minimum atomic E-state index is 0.193. The molecule has 0 bridgehead atoms. The maximum atomic E-state index is 12.6. The molecule has 1 heterocycles. The standard InChI is InChI=1S/C17H26N2O2/c1-4-21-17-14(3)6-5-13(2)16(17)15(20)7-10-19-11-8-18-9-12-19/h5-6,18H,4,7-12H2,1-3H3. The molecule has 0 saturated carbocycles. The summed E-state index contributed by atoms with van der Waals surface area (Å²) in [7, 11) is 0. The lowest BCUT2D eigenvalue weighted by Crippen LogP contribution is -2.44. The van der Waals surface area contributed by atoms with Crippen molar-refractivity contribution in [2.45, 2.75) is 27.2 Å². The number of hydrogen-bond donors (Lipinski definition) is 1. The minimum absolute atomic E-state index is 0.193. The lowest BCUT2D eigenvalue weighted by atomic mass is 9.98. The van der Waals surface area contributed by atoms with Crippen molar-refractivity contribution in [2.75, 3.05) is 39.3 Å². The van der Waals surface area contributed by atoms with Gasteiger partial charge in [0.05, 0.1) is 12.2 Å².